The maximum absolute atomic E-state index is 2.64. The van der Waals surface area contributed by atoms with Gasteiger partial charge in [-0.2, -0.15) is 0 Å². The third-order valence-electron chi connectivity index (χ3n) is 3.85. The molecule has 18 heavy (non-hydrogen) atoms. The molecule has 0 amide bonds. The summed E-state index contributed by atoms with van der Waals surface area (Å²) < 4.78 is 1.26. The van der Waals surface area contributed by atoms with E-state index in [0.717, 1.165) is 0 Å². The van der Waals surface area contributed by atoms with E-state index >= 15 is 0 Å². The van der Waals surface area contributed by atoms with Crippen LogP contribution in [0.15, 0.2) is 59.8 Å². The van der Waals surface area contributed by atoms with Crippen LogP contribution in [0, 0.1) is 0 Å². The molecule has 0 N–H and O–H groups in total. The molecule has 0 radical (unpaired) electrons. The van der Waals surface area contributed by atoms with Gasteiger partial charge in [-0.1, -0.05) is 71.2 Å². The predicted molar refractivity (Wildman–Crippen MR) is 86.0 cm³/mol. The van der Waals surface area contributed by atoms with Crippen molar-refractivity contribution in [3.05, 3.63) is 59.8 Å². The first-order valence-corrected chi connectivity index (χ1v) is 8.20. The number of hydrogen-bond acceptors (Lipinski definition) is 1. The fourth-order valence-electron chi connectivity index (χ4n) is 3.01. The highest BCUT2D eigenvalue weighted by molar-refractivity contribution is 14.1. The Kier molecular flexibility index (Phi) is 3.85. The summed E-state index contributed by atoms with van der Waals surface area (Å²) in [6.45, 7) is 1.20. The van der Waals surface area contributed by atoms with Crippen LogP contribution >= 0.6 is 22.6 Å². The first kappa shape index (κ1) is 12.4. The Bertz CT molecular complexity index is 429. The average Bonchev–Trinajstić information content (AvgIpc) is 2.74. The molecule has 1 heterocycles. The van der Waals surface area contributed by atoms with E-state index in [2.05, 4.69) is 76.1 Å². The van der Waals surface area contributed by atoms with Gasteiger partial charge in [0.1, 0.15) is 0 Å². The average molecular weight is 351 g/mol. The zero-order valence-electron chi connectivity index (χ0n) is 10.4. The van der Waals surface area contributed by atoms with E-state index in [1.165, 1.54) is 35.0 Å². The Balaban J connectivity index is 1.84. The lowest BCUT2D eigenvalue weighted by molar-refractivity contribution is 0.253. The van der Waals surface area contributed by atoms with Gasteiger partial charge in [-0.15, -0.1) is 0 Å². The van der Waals surface area contributed by atoms with Crippen LogP contribution in [0.25, 0.3) is 0 Å². The van der Waals surface area contributed by atoms with Gasteiger partial charge in [0.2, 0.25) is 0 Å². The lowest BCUT2D eigenvalue weighted by atomic mass is 9.96. The molecule has 0 bridgehead atoms. The topological polar surface area (TPSA) is 3.24 Å². The molecule has 0 aromatic rings. The number of allylic oxidation sites excluding steroid dienone is 4. The molecule has 94 valence electrons. The second-order valence-electron chi connectivity index (χ2n) is 4.92. The van der Waals surface area contributed by atoms with Crippen molar-refractivity contribution in [1.82, 2.24) is 4.90 Å². The monoisotopic (exact) mass is 351 g/mol. The highest BCUT2D eigenvalue weighted by Gasteiger charge is 2.36. The van der Waals surface area contributed by atoms with Crippen LogP contribution in [0.2, 0.25) is 0 Å². The quantitative estimate of drug-likeness (QED) is 0.423. The standard InChI is InChI=1S/C16H18IN/c17-11-5-6-12-18-15-9-3-1-7-13(15)14-8-2-4-10-16(14)18/h1-4,7-10,15-16H,5-6,11-12H2. The largest absolute Gasteiger partial charge is 0.282 e. The van der Waals surface area contributed by atoms with Crippen LogP contribution < -0.4 is 0 Å². The Labute approximate surface area is 123 Å². The first-order chi connectivity index (χ1) is 8.92. The lowest BCUT2D eigenvalue weighted by Gasteiger charge is -2.29. The van der Waals surface area contributed by atoms with Crippen LogP contribution in [-0.4, -0.2) is 28.0 Å². The van der Waals surface area contributed by atoms with E-state index in [-0.39, 0.29) is 0 Å². The third kappa shape index (κ3) is 2.16. The molecular formula is C16H18IN. The van der Waals surface area contributed by atoms with E-state index in [4.69, 9.17) is 0 Å². The predicted octanol–water partition coefficient (Wildman–Crippen LogP) is 3.80. The highest BCUT2D eigenvalue weighted by atomic mass is 127. The van der Waals surface area contributed by atoms with Crippen LogP contribution in [0.5, 0.6) is 0 Å². The Hall–Kier alpha value is -0.610. The van der Waals surface area contributed by atoms with Crippen molar-refractivity contribution < 1.29 is 0 Å². The summed E-state index contributed by atoms with van der Waals surface area (Å²) in [6, 6.07) is 0.994. The normalized spacial score (nSPS) is 28.9. The van der Waals surface area contributed by atoms with Crippen molar-refractivity contribution in [2.45, 2.75) is 24.9 Å². The zero-order chi connectivity index (χ0) is 12.4. The third-order valence-corrected chi connectivity index (χ3v) is 4.61. The van der Waals surface area contributed by atoms with Crippen LogP contribution in [-0.2, 0) is 0 Å². The molecule has 3 aliphatic rings. The number of fused-ring (bicyclic) bond motifs is 2. The first-order valence-electron chi connectivity index (χ1n) is 6.67. The Morgan fingerprint density at radius 1 is 0.889 bits per heavy atom. The minimum Gasteiger partial charge on any atom is -0.282 e. The number of alkyl halides is 1. The molecule has 0 saturated carbocycles. The van der Waals surface area contributed by atoms with E-state index in [0.29, 0.717) is 12.1 Å². The summed E-state index contributed by atoms with van der Waals surface area (Å²) in [6.07, 6.45) is 20.6. The van der Waals surface area contributed by atoms with Gasteiger partial charge in [-0.3, -0.25) is 4.90 Å². The maximum atomic E-state index is 2.64. The van der Waals surface area contributed by atoms with Crippen molar-refractivity contribution in [2.24, 2.45) is 0 Å². The van der Waals surface area contributed by atoms with E-state index < -0.39 is 0 Å². The lowest BCUT2D eigenvalue weighted by Crippen LogP contribution is -2.38. The van der Waals surface area contributed by atoms with Gasteiger partial charge < -0.3 is 0 Å². The van der Waals surface area contributed by atoms with Gasteiger partial charge in [0, 0.05) is 0 Å². The van der Waals surface area contributed by atoms with Crippen molar-refractivity contribution in [3.8, 4) is 0 Å². The zero-order valence-corrected chi connectivity index (χ0v) is 12.6. The second-order valence-corrected chi connectivity index (χ2v) is 6.00. The molecule has 3 rings (SSSR count). The molecule has 0 fully saturated rings. The van der Waals surface area contributed by atoms with E-state index in [9.17, 15) is 0 Å². The molecular weight excluding hydrogens is 333 g/mol. The molecule has 1 aliphatic heterocycles. The summed E-state index contributed by atoms with van der Waals surface area (Å²) in [5.74, 6) is 0. The van der Waals surface area contributed by atoms with Gasteiger partial charge in [0.25, 0.3) is 0 Å². The summed E-state index contributed by atoms with van der Waals surface area (Å²) >= 11 is 2.47. The molecule has 1 nitrogen and oxygen atoms in total. The van der Waals surface area contributed by atoms with Gasteiger partial charge >= 0.3 is 0 Å². The molecule has 0 aromatic carbocycles. The highest BCUT2D eigenvalue weighted by Crippen LogP contribution is 2.36. The summed E-state index contributed by atoms with van der Waals surface area (Å²) in [5, 5.41) is 0. The van der Waals surface area contributed by atoms with E-state index in [1.807, 2.05) is 0 Å². The maximum Gasteiger partial charge on any atom is 0.0546 e. The van der Waals surface area contributed by atoms with Gasteiger partial charge in [-0.25, -0.2) is 0 Å². The fourth-order valence-corrected chi connectivity index (χ4v) is 3.55. The SMILES string of the molecule is ICCCCN1C2C=CC=CC2=C2C=CC=CC21. The Morgan fingerprint density at radius 3 is 2.06 bits per heavy atom. The molecule has 0 saturated heterocycles. The second kappa shape index (κ2) is 5.57. The van der Waals surface area contributed by atoms with Crippen LogP contribution in [0.3, 0.4) is 0 Å². The van der Waals surface area contributed by atoms with Crippen molar-refractivity contribution in [3.63, 3.8) is 0 Å². The number of nitrogens with zero attached hydrogens (tertiary/aromatic N) is 1. The minimum atomic E-state index is 0.497. The van der Waals surface area contributed by atoms with Gasteiger partial charge in [0.05, 0.1) is 12.1 Å². The number of rotatable bonds is 4. The van der Waals surface area contributed by atoms with Crippen molar-refractivity contribution >= 4 is 22.6 Å². The van der Waals surface area contributed by atoms with Gasteiger partial charge in [-0.05, 0) is 35.0 Å². The number of halogens is 1. The summed E-state index contributed by atoms with van der Waals surface area (Å²) in [4.78, 5) is 2.64. The molecule has 2 heteroatoms. The van der Waals surface area contributed by atoms with Gasteiger partial charge in [0.15, 0.2) is 0 Å². The Morgan fingerprint density at radius 2 is 1.50 bits per heavy atom. The fraction of sp³-hybridized carbons (Fsp3) is 0.375. The number of hydrogen-bond donors (Lipinski definition) is 0. The minimum absolute atomic E-state index is 0.497. The van der Waals surface area contributed by atoms with Crippen LogP contribution in [0.4, 0.5) is 0 Å². The molecule has 2 aliphatic carbocycles. The summed E-state index contributed by atoms with van der Waals surface area (Å²) in [5.41, 5.74) is 3.00. The van der Waals surface area contributed by atoms with Crippen LogP contribution in [0.1, 0.15) is 12.8 Å². The molecule has 0 aromatic heterocycles. The molecule has 2 unspecified atom stereocenters. The van der Waals surface area contributed by atoms with E-state index in [1.54, 1.807) is 0 Å². The smallest absolute Gasteiger partial charge is 0.0546 e. The van der Waals surface area contributed by atoms with Crippen molar-refractivity contribution in [1.29, 1.82) is 0 Å². The molecule has 2 atom stereocenters. The summed E-state index contributed by atoms with van der Waals surface area (Å²) in [7, 11) is 0. The number of unbranched alkanes of at least 4 members (excludes halogenated alkanes) is 1. The van der Waals surface area contributed by atoms with Crippen molar-refractivity contribution in [2.75, 3.05) is 11.0 Å². The molecule has 0 spiro atoms.